The van der Waals surface area contributed by atoms with Crippen LogP contribution in [-0.2, 0) is 11.2 Å². The van der Waals surface area contributed by atoms with E-state index in [1.165, 1.54) is 18.4 Å². The molecular formula is C11H18N2O3S. The van der Waals surface area contributed by atoms with Gasteiger partial charge in [0.2, 0.25) is 0 Å². The Bertz CT molecular complexity index is 354. The molecule has 0 saturated heterocycles. The smallest absolute Gasteiger partial charge is 0.263 e. The lowest BCUT2D eigenvalue weighted by Gasteiger charge is -2.09. The fraction of sp³-hybridized carbons (Fsp3) is 0.636. The van der Waals surface area contributed by atoms with E-state index in [9.17, 15) is 9.90 Å². The second-order valence-electron chi connectivity index (χ2n) is 3.63. The van der Waals surface area contributed by atoms with E-state index >= 15 is 0 Å². The van der Waals surface area contributed by atoms with Crippen molar-refractivity contribution in [2.24, 2.45) is 0 Å². The molecule has 17 heavy (non-hydrogen) atoms. The van der Waals surface area contributed by atoms with Crippen molar-refractivity contribution in [2.45, 2.75) is 25.9 Å². The minimum absolute atomic E-state index is 0.133. The van der Waals surface area contributed by atoms with Crippen LogP contribution in [0.2, 0.25) is 0 Å². The Labute approximate surface area is 105 Å². The molecule has 0 fully saturated rings. The van der Waals surface area contributed by atoms with Gasteiger partial charge < -0.3 is 15.2 Å². The summed E-state index contributed by atoms with van der Waals surface area (Å²) in [5.74, 6) is -0.133. The zero-order valence-electron chi connectivity index (χ0n) is 10.1. The van der Waals surface area contributed by atoms with Crippen LogP contribution in [0, 0.1) is 0 Å². The second kappa shape index (κ2) is 7.37. The van der Waals surface area contributed by atoms with Gasteiger partial charge in [-0.3, -0.25) is 4.79 Å². The molecule has 0 radical (unpaired) electrons. The van der Waals surface area contributed by atoms with E-state index in [0.717, 1.165) is 11.4 Å². The Morgan fingerprint density at radius 1 is 1.71 bits per heavy atom. The van der Waals surface area contributed by atoms with Crippen molar-refractivity contribution in [3.63, 3.8) is 0 Å². The van der Waals surface area contributed by atoms with Crippen molar-refractivity contribution >= 4 is 17.2 Å². The molecule has 1 heterocycles. The van der Waals surface area contributed by atoms with Crippen LogP contribution in [0.5, 0.6) is 0 Å². The number of rotatable bonds is 7. The molecule has 1 aromatic heterocycles. The van der Waals surface area contributed by atoms with Crippen LogP contribution < -0.4 is 5.32 Å². The van der Waals surface area contributed by atoms with E-state index in [-0.39, 0.29) is 12.5 Å². The van der Waals surface area contributed by atoms with Crippen molar-refractivity contribution in [3.05, 3.63) is 16.1 Å². The van der Waals surface area contributed by atoms with Crippen molar-refractivity contribution in [1.29, 1.82) is 0 Å². The van der Waals surface area contributed by atoms with Crippen molar-refractivity contribution in [3.8, 4) is 0 Å². The van der Waals surface area contributed by atoms with Gasteiger partial charge in [-0.1, -0.05) is 6.92 Å². The second-order valence-corrected chi connectivity index (χ2v) is 4.74. The maximum absolute atomic E-state index is 11.7. The molecule has 5 nitrogen and oxygen atoms in total. The standard InChI is InChI=1S/C11H18N2O3S/c1-3-10-13-6-9(17-10)11(15)12-5-4-8(14)7-16-2/h6,8,14H,3-5,7H2,1-2H3,(H,12,15). The molecular weight excluding hydrogens is 240 g/mol. The lowest BCUT2D eigenvalue weighted by molar-refractivity contribution is 0.0588. The summed E-state index contributed by atoms with van der Waals surface area (Å²) in [6.45, 7) is 2.72. The highest BCUT2D eigenvalue weighted by Crippen LogP contribution is 2.12. The highest BCUT2D eigenvalue weighted by atomic mass is 32.1. The number of aliphatic hydroxyl groups excluding tert-OH is 1. The third-order valence-electron chi connectivity index (χ3n) is 2.20. The quantitative estimate of drug-likeness (QED) is 0.760. The van der Waals surface area contributed by atoms with Gasteiger partial charge in [-0.05, 0) is 12.8 Å². The summed E-state index contributed by atoms with van der Waals surface area (Å²) in [4.78, 5) is 16.4. The summed E-state index contributed by atoms with van der Waals surface area (Å²) in [6.07, 6.45) is 2.38. The largest absolute Gasteiger partial charge is 0.391 e. The first-order valence-electron chi connectivity index (χ1n) is 5.57. The maximum Gasteiger partial charge on any atom is 0.263 e. The van der Waals surface area contributed by atoms with Crippen LogP contribution >= 0.6 is 11.3 Å². The number of nitrogens with zero attached hydrogens (tertiary/aromatic N) is 1. The van der Waals surface area contributed by atoms with Crippen LogP contribution in [0.3, 0.4) is 0 Å². The Morgan fingerprint density at radius 3 is 3.06 bits per heavy atom. The topological polar surface area (TPSA) is 71.5 Å². The molecule has 2 N–H and O–H groups in total. The molecule has 1 atom stereocenters. The fourth-order valence-corrected chi connectivity index (χ4v) is 2.07. The minimum Gasteiger partial charge on any atom is -0.391 e. The van der Waals surface area contributed by atoms with Crippen molar-refractivity contribution in [1.82, 2.24) is 10.3 Å². The molecule has 0 spiro atoms. The Kier molecular flexibility index (Phi) is 6.10. The summed E-state index contributed by atoms with van der Waals surface area (Å²) in [6, 6.07) is 0. The maximum atomic E-state index is 11.7. The number of amides is 1. The number of methoxy groups -OCH3 is 1. The summed E-state index contributed by atoms with van der Waals surface area (Å²) in [5, 5.41) is 13.1. The number of hydrogen-bond donors (Lipinski definition) is 2. The van der Waals surface area contributed by atoms with Gasteiger partial charge in [0.1, 0.15) is 4.88 Å². The first kappa shape index (κ1) is 14.1. The SMILES string of the molecule is CCc1ncc(C(=O)NCCC(O)COC)s1. The summed E-state index contributed by atoms with van der Waals surface area (Å²) >= 11 is 1.40. The predicted molar refractivity (Wildman–Crippen MR) is 66.3 cm³/mol. The molecule has 1 amide bonds. The van der Waals surface area contributed by atoms with E-state index in [4.69, 9.17) is 4.74 Å². The number of carbonyl (C=O) groups excluding carboxylic acids is 1. The highest BCUT2D eigenvalue weighted by Gasteiger charge is 2.10. The van der Waals surface area contributed by atoms with Gasteiger partial charge >= 0.3 is 0 Å². The zero-order valence-corrected chi connectivity index (χ0v) is 10.9. The lowest BCUT2D eigenvalue weighted by atomic mass is 10.2. The predicted octanol–water partition coefficient (Wildman–Crippen LogP) is 0.833. The van der Waals surface area contributed by atoms with Gasteiger partial charge in [0.25, 0.3) is 5.91 Å². The van der Waals surface area contributed by atoms with Gasteiger partial charge in [-0.15, -0.1) is 11.3 Å². The number of aromatic nitrogens is 1. The molecule has 1 unspecified atom stereocenters. The van der Waals surface area contributed by atoms with Crippen LogP contribution in [-0.4, -0.2) is 42.4 Å². The molecule has 0 aliphatic carbocycles. The Morgan fingerprint density at radius 2 is 2.47 bits per heavy atom. The van der Waals surface area contributed by atoms with Crippen molar-refractivity contribution < 1.29 is 14.6 Å². The van der Waals surface area contributed by atoms with E-state index in [1.807, 2.05) is 6.92 Å². The highest BCUT2D eigenvalue weighted by molar-refractivity contribution is 7.13. The summed E-state index contributed by atoms with van der Waals surface area (Å²) in [7, 11) is 1.53. The van der Waals surface area contributed by atoms with Gasteiger partial charge in [-0.25, -0.2) is 4.98 Å². The van der Waals surface area contributed by atoms with Crippen LogP contribution in [0.4, 0.5) is 0 Å². The molecule has 0 aliphatic heterocycles. The summed E-state index contributed by atoms with van der Waals surface area (Å²) < 4.78 is 4.79. The van der Waals surface area contributed by atoms with Crippen LogP contribution in [0.15, 0.2) is 6.20 Å². The van der Waals surface area contributed by atoms with E-state index in [0.29, 0.717) is 17.8 Å². The third-order valence-corrected chi connectivity index (χ3v) is 3.34. The van der Waals surface area contributed by atoms with Crippen LogP contribution in [0.25, 0.3) is 0 Å². The fourth-order valence-electron chi connectivity index (χ4n) is 1.29. The molecule has 96 valence electrons. The van der Waals surface area contributed by atoms with Gasteiger partial charge in [0.05, 0.1) is 23.9 Å². The molecule has 1 aromatic rings. The third kappa shape index (κ3) is 4.80. The monoisotopic (exact) mass is 258 g/mol. The number of nitrogens with one attached hydrogen (secondary N) is 1. The molecule has 0 aliphatic rings. The van der Waals surface area contributed by atoms with Gasteiger partial charge in [0.15, 0.2) is 0 Å². The number of aliphatic hydroxyl groups is 1. The molecule has 0 aromatic carbocycles. The lowest BCUT2D eigenvalue weighted by Crippen LogP contribution is -2.27. The number of aryl methyl sites for hydroxylation is 1. The van der Waals surface area contributed by atoms with Gasteiger partial charge in [-0.2, -0.15) is 0 Å². The summed E-state index contributed by atoms with van der Waals surface area (Å²) in [5.41, 5.74) is 0. The number of hydrogen-bond acceptors (Lipinski definition) is 5. The number of thiazole rings is 1. The average molecular weight is 258 g/mol. The number of ether oxygens (including phenoxy) is 1. The van der Waals surface area contributed by atoms with Gasteiger partial charge in [0, 0.05) is 13.7 Å². The zero-order chi connectivity index (χ0) is 12.7. The van der Waals surface area contributed by atoms with E-state index in [1.54, 1.807) is 6.20 Å². The Balaban J connectivity index is 2.29. The van der Waals surface area contributed by atoms with E-state index in [2.05, 4.69) is 10.3 Å². The Hall–Kier alpha value is -0.980. The molecule has 1 rings (SSSR count). The minimum atomic E-state index is -0.534. The molecule has 0 saturated carbocycles. The van der Waals surface area contributed by atoms with E-state index < -0.39 is 6.10 Å². The molecule has 0 bridgehead atoms. The first-order chi connectivity index (χ1) is 8.17. The number of carbonyl (C=O) groups is 1. The normalized spacial score (nSPS) is 12.4. The average Bonchev–Trinajstić information content (AvgIpc) is 2.77. The first-order valence-corrected chi connectivity index (χ1v) is 6.39. The van der Waals surface area contributed by atoms with Crippen LogP contribution in [0.1, 0.15) is 28.0 Å². The molecule has 6 heteroatoms. The van der Waals surface area contributed by atoms with Crippen molar-refractivity contribution in [2.75, 3.05) is 20.3 Å².